The van der Waals surface area contributed by atoms with Gasteiger partial charge in [-0.15, -0.1) is 0 Å². The van der Waals surface area contributed by atoms with Crippen LogP contribution >= 0.6 is 0 Å². The summed E-state index contributed by atoms with van der Waals surface area (Å²) in [6.07, 6.45) is 12.1. The van der Waals surface area contributed by atoms with Crippen LogP contribution in [0.15, 0.2) is 55.5 Å². The SMILES string of the molecule is c1cnc2c(CN3CCc4[nH]cnc4[C@H]3c3ccncc3)cnn2c1. The van der Waals surface area contributed by atoms with Crippen LogP contribution in [0.1, 0.15) is 28.6 Å². The molecule has 0 bridgehead atoms. The average molecular weight is 331 g/mol. The molecule has 4 aromatic heterocycles. The largest absolute Gasteiger partial charge is 0.348 e. The van der Waals surface area contributed by atoms with Gasteiger partial charge in [-0.3, -0.25) is 9.88 Å². The lowest BCUT2D eigenvalue weighted by Gasteiger charge is -2.34. The molecule has 1 N–H and O–H groups in total. The van der Waals surface area contributed by atoms with E-state index in [1.807, 2.05) is 41.6 Å². The van der Waals surface area contributed by atoms with Gasteiger partial charge in [0, 0.05) is 55.6 Å². The lowest BCUT2D eigenvalue weighted by Crippen LogP contribution is -2.35. The second-order valence-corrected chi connectivity index (χ2v) is 6.23. The molecule has 1 aliphatic heterocycles. The maximum Gasteiger partial charge on any atom is 0.159 e. The maximum absolute atomic E-state index is 4.60. The van der Waals surface area contributed by atoms with E-state index in [9.17, 15) is 0 Å². The minimum absolute atomic E-state index is 0.108. The number of aromatic amines is 1. The Balaban J connectivity index is 1.55. The molecule has 1 atom stereocenters. The monoisotopic (exact) mass is 331 g/mol. The zero-order valence-corrected chi connectivity index (χ0v) is 13.6. The number of fused-ring (bicyclic) bond motifs is 2. The van der Waals surface area contributed by atoms with Crippen LogP contribution in [0, 0.1) is 0 Å². The molecule has 0 radical (unpaired) electrons. The highest BCUT2D eigenvalue weighted by molar-refractivity contribution is 5.46. The zero-order valence-electron chi connectivity index (χ0n) is 13.6. The summed E-state index contributed by atoms with van der Waals surface area (Å²) in [7, 11) is 0. The molecule has 0 amide bonds. The predicted molar refractivity (Wildman–Crippen MR) is 91.8 cm³/mol. The Morgan fingerprint density at radius 1 is 1.16 bits per heavy atom. The first-order valence-corrected chi connectivity index (χ1v) is 8.33. The smallest absolute Gasteiger partial charge is 0.159 e. The summed E-state index contributed by atoms with van der Waals surface area (Å²) in [4.78, 5) is 19.0. The van der Waals surface area contributed by atoms with Gasteiger partial charge in [0.25, 0.3) is 0 Å². The zero-order chi connectivity index (χ0) is 16.6. The van der Waals surface area contributed by atoms with E-state index >= 15 is 0 Å². The van der Waals surface area contributed by atoms with Crippen LogP contribution in [0.3, 0.4) is 0 Å². The van der Waals surface area contributed by atoms with Crippen LogP contribution in [-0.4, -0.2) is 41.0 Å². The molecule has 7 nitrogen and oxygen atoms in total. The van der Waals surface area contributed by atoms with E-state index in [0.717, 1.165) is 36.4 Å². The Morgan fingerprint density at radius 3 is 3.00 bits per heavy atom. The third-order valence-electron chi connectivity index (χ3n) is 4.77. The van der Waals surface area contributed by atoms with Gasteiger partial charge < -0.3 is 4.98 Å². The second kappa shape index (κ2) is 5.78. The van der Waals surface area contributed by atoms with Gasteiger partial charge in [0.15, 0.2) is 5.65 Å². The van der Waals surface area contributed by atoms with Gasteiger partial charge in [-0.2, -0.15) is 5.10 Å². The van der Waals surface area contributed by atoms with Crippen molar-refractivity contribution in [1.29, 1.82) is 0 Å². The normalized spacial score (nSPS) is 17.7. The average Bonchev–Trinajstić information content (AvgIpc) is 3.30. The van der Waals surface area contributed by atoms with Gasteiger partial charge in [-0.25, -0.2) is 14.5 Å². The fourth-order valence-electron chi connectivity index (χ4n) is 3.62. The molecule has 0 aromatic carbocycles. The van der Waals surface area contributed by atoms with Crippen molar-refractivity contribution in [3.63, 3.8) is 0 Å². The highest BCUT2D eigenvalue weighted by Gasteiger charge is 2.31. The van der Waals surface area contributed by atoms with Gasteiger partial charge in [0.1, 0.15) is 0 Å². The Hall–Kier alpha value is -3.06. The van der Waals surface area contributed by atoms with E-state index in [-0.39, 0.29) is 6.04 Å². The standard InChI is InChI=1S/C18H17N7/c1-5-20-18-14(10-23-25(18)8-1)11-24-9-4-15-16(22-12-21-15)17(24)13-2-6-19-7-3-13/h1-3,5-8,10,12,17H,4,9,11H2,(H,21,22)/t17-/m1/s1. The van der Waals surface area contributed by atoms with Crippen molar-refractivity contribution in [2.45, 2.75) is 19.0 Å². The lowest BCUT2D eigenvalue weighted by atomic mass is 9.96. The molecule has 0 aliphatic carbocycles. The minimum Gasteiger partial charge on any atom is -0.348 e. The van der Waals surface area contributed by atoms with Crippen molar-refractivity contribution in [1.82, 2.24) is 34.4 Å². The van der Waals surface area contributed by atoms with E-state index in [2.05, 4.69) is 42.1 Å². The molecule has 0 saturated carbocycles. The first-order chi connectivity index (χ1) is 12.4. The highest BCUT2D eigenvalue weighted by atomic mass is 15.3. The summed E-state index contributed by atoms with van der Waals surface area (Å²) in [6.45, 7) is 1.73. The summed E-state index contributed by atoms with van der Waals surface area (Å²) < 4.78 is 1.82. The third kappa shape index (κ3) is 2.40. The van der Waals surface area contributed by atoms with Crippen LogP contribution in [0.2, 0.25) is 0 Å². The summed E-state index contributed by atoms with van der Waals surface area (Å²) in [5, 5.41) is 4.41. The molecule has 0 saturated heterocycles. The number of rotatable bonds is 3. The van der Waals surface area contributed by atoms with Crippen LogP contribution in [0.5, 0.6) is 0 Å². The van der Waals surface area contributed by atoms with Gasteiger partial charge in [-0.05, 0) is 23.8 Å². The van der Waals surface area contributed by atoms with Crippen LogP contribution < -0.4 is 0 Å². The van der Waals surface area contributed by atoms with Crippen molar-refractivity contribution in [3.05, 3.63) is 78.0 Å². The Labute approximate surface area is 144 Å². The number of nitrogens with one attached hydrogen (secondary N) is 1. The van der Waals surface area contributed by atoms with Crippen LogP contribution in [0.25, 0.3) is 5.65 Å². The van der Waals surface area contributed by atoms with Crippen molar-refractivity contribution < 1.29 is 0 Å². The number of pyridine rings is 1. The molecule has 5 heterocycles. The van der Waals surface area contributed by atoms with Crippen molar-refractivity contribution in [3.8, 4) is 0 Å². The van der Waals surface area contributed by atoms with Gasteiger partial charge in [-0.1, -0.05) is 0 Å². The molecule has 0 fully saturated rings. The second-order valence-electron chi connectivity index (χ2n) is 6.23. The van der Waals surface area contributed by atoms with E-state index in [1.165, 1.54) is 11.3 Å². The molecule has 0 spiro atoms. The Morgan fingerprint density at radius 2 is 2.08 bits per heavy atom. The molecule has 4 aromatic rings. The maximum atomic E-state index is 4.60. The van der Waals surface area contributed by atoms with Crippen molar-refractivity contribution in [2.75, 3.05) is 6.54 Å². The number of nitrogens with zero attached hydrogens (tertiary/aromatic N) is 6. The number of imidazole rings is 1. The van der Waals surface area contributed by atoms with Gasteiger partial charge in [0.05, 0.1) is 24.3 Å². The number of hydrogen-bond acceptors (Lipinski definition) is 5. The lowest BCUT2D eigenvalue weighted by molar-refractivity contribution is 0.201. The molecule has 25 heavy (non-hydrogen) atoms. The van der Waals surface area contributed by atoms with Gasteiger partial charge in [0.2, 0.25) is 0 Å². The number of hydrogen-bond donors (Lipinski definition) is 1. The molecule has 1 aliphatic rings. The number of aromatic nitrogens is 6. The summed E-state index contributed by atoms with van der Waals surface area (Å²) in [6, 6.07) is 6.13. The van der Waals surface area contributed by atoms with Gasteiger partial charge >= 0.3 is 0 Å². The van der Waals surface area contributed by atoms with Crippen molar-refractivity contribution >= 4 is 5.65 Å². The Bertz CT molecular complexity index is 1000. The molecule has 0 unspecified atom stereocenters. The third-order valence-corrected chi connectivity index (χ3v) is 4.77. The topological polar surface area (TPSA) is 75.0 Å². The van der Waals surface area contributed by atoms with Crippen LogP contribution in [0.4, 0.5) is 0 Å². The highest BCUT2D eigenvalue weighted by Crippen LogP contribution is 2.34. The molecule has 5 rings (SSSR count). The predicted octanol–water partition coefficient (Wildman–Crippen LogP) is 2.00. The van der Waals surface area contributed by atoms with E-state index in [4.69, 9.17) is 0 Å². The summed E-state index contributed by atoms with van der Waals surface area (Å²) >= 11 is 0. The summed E-state index contributed by atoms with van der Waals surface area (Å²) in [5.74, 6) is 0. The first-order valence-electron chi connectivity index (χ1n) is 8.33. The fraction of sp³-hybridized carbons (Fsp3) is 0.222. The number of H-pyrrole nitrogens is 1. The quantitative estimate of drug-likeness (QED) is 0.621. The summed E-state index contributed by atoms with van der Waals surface area (Å²) in [5.41, 5.74) is 5.55. The Kier molecular flexibility index (Phi) is 3.31. The van der Waals surface area contributed by atoms with E-state index in [0.29, 0.717) is 0 Å². The molecule has 124 valence electrons. The molecular weight excluding hydrogens is 314 g/mol. The van der Waals surface area contributed by atoms with E-state index < -0.39 is 0 Å². The van der Waals surface area contributed by atoms with E-state index in [1.54, 1.807) is 6.33 Å². The molecular formula is C18H17N7. The van der Waals surface area contributed by atoms with Crippen molar-refractivity contribution in [2.24, 2.45) is 0 Å². The molecule has 7 heteroatoms. The fourth-order valence-corrected chi connectivity index (χ4v) is 3.62. The first kappa shape index (κ1) is 14.3. The minimum atomic E-state index is 0.108. The van der Waals surface area contributed by atoms with Crippen LogP contribution in [-0.2, 0) is 13.0 Å².